The van der Waals surface area contributed by atoms with E-state index >= 15 is 0 Å². The zero-order valence-electron chi connectivity index (χ0n) is 17.9. The Labute approximate surface area is 180 Å². The number of nitrogens with zero attached hydrogens (tertiary/aromatic N) is 4. The predicted octanol–water partition coefficient (Wildman–Crippen LogP) is 3.39. The highest BCUT2D eigenvalue weighted by atomic mass is 32.1. The number of ether oxygens (including phenoxy) is 1. The number of hydrogen-bond donors (Lipinski definition) is 1. The second-order valence-corrected chi connectivity index (χ2v) is 8.68. The zero-order chi connectivity index (χ0) is 21.3. The van der Waals surface area contributed by atoms with E-state index in [2.05, 4.69) is 40.1 Å². The average Bonchev–Trinajstić information content (AvgIpc) is 3.05. The Morgan fingerprint density at radius 3 is 2.60 bits per heavy atom. The smallest absolute Gasteiger partial charge is 0.242 e. The van der Waals surface area contributed by atoms with E-state index in [0.717, 1.165) is 40.6 Å². The summed E-state index contributed by atoms with van der Waals surface area (Å²) in [6, 6.07) is 8.01. The van der Waals surface area contributed by atoms with Crippen LogP contribution in [0, 0.1) is 20.8 Å². The number of aromatic nitrogens is 2. The fourth-order valence-electron chi connectivity index (χ4n) is 3.84. The molecular weight excluding hydrogens is 398 g/mol. The van der Waals surface area contributed by atoms with E-state index in [0.29, 0.717) is 18.9 Å². The van der Waals surface area contributed by atoms with Crippen LogP contribution < -0.4 is 15.0 Å². The van der Waals surface area contributed by atoms with E-state index in [1.165, 1.54) is 10.4 Å². The van der Waals surface area contributed by atoms with E-state index in [4.69, 9.17) is 4.74 Å². The Kier molecular flexibility index (Phi) is 5.76. The van der Waals surface area contributed by atoms with E-state index in [1.807, 2.05) is 30.0 Å². The molecule has 1 amide bonds. The van der Waals surface area contributed by atoms with Crippen molar-refractivity contribution in [3.8, 4) is 5.75 Å². The number of anilines is 2. The number of piperazine rings is 1. The molecule has 8 heteroatoms. The summed E-state index contributed by atoms with van der Waals surface area (Å²) in [5, 5.41) is 4.30. The summed E-state index contributed by atoms with van der Waals surface area (Å²) in [4.78, 5) is 28.3. The minimum atomic E-state index is 0.0868. The summed E-state index contributed by atoms with van der Waals surface area (Å²) in [6.07, 6.45) is 0. The van der Waals surface area contributed by atoms with Gasteiger partial charge in [-0.2, -0.15) is 0 Å². The Bertz CT molecular complexity index is 1070. The molecule has 1 N–H and O–H groups in total. The van der Waals surface area contributed by atoms with Gasteiger partial charge in [0.25, 0.3) is 0 Å². The van der Waals surface area contributed by atoms with Crippen LogP contribution in [0.4, 0.5) is 11.5 Å². The molecule has 1 saturated heterocycles. The Balaban J connectivity index is 1.40. The average molecular weight is 426 g/mol. The van der Waals surface area contributed by atoms with Gasteiger partial charge in [-0.3, -0.25) is 4.79 Å². The Morgan fingerprint density at radius 2 is 1.87 bits per heavy atom. The molecule has 0 aliphatic carbocycles. The molecule has 1 aromatic carbocycles. The number of methoxy groups -OCH3 is 1. The highest BCUT2D eigenvalue weighted by Crippen LogP contribution is 2.33. The molecule has 0 unspecified atom stereocenters. The second-order valence-electron chi connectivity index (χ2n) is 7.48. The maximum Gasteiger partial charge on any atom is 0.242 e. The van der Waals surface area contributed by atoms with Crippen molar-refractivity contribution in [2.24, 2.45) is 0 Å². The second kappa shape index (κ2) is 8.47. The number of carbonyl (C=O) groups is 1. The van der Waals surface area contributed by atoms with Crippen molar-refractivity contribution in [2.45, 2.75) is 20.8 Å². The van der Waals surface area contributed by atoms with Crippen LogP contribution in [0.3, 0.4) is 0 Å². The van der Waals surface area contributed by atoms with Gasteiger partial charge < -0.3 is 19.9 Å². The monoisotopic (exact) mass is 425 g/mol. The van der Waals surface area contributed by atoms with Gasteiger partial charge in [0.2, 0.25) is 5.91 Å². The number of amides is 1. The third-order valence-electron chi connectivity index (χ3n) is 5.61. The van der Waals surface area contributed by atoms with Gasteiger partial charge in [-0.15, -0.1) is 11.3 Å². The number of para-hydroxylation sites is 2. The summed E-state index contributed by atoms with van der Waals surface area (Å²) in [6.45, 7) is 9.23. The molecule has 1 aliphatic heterocycles. The van der Waals surface area contributed by atoms with Crippen LogP contribution in [0.25, 0.3) is 10.2 Å². The van der Waals surface area contributed by atoms with Crippen molar-refractivity contribution in [1.82, 2.24) is 14.9 Å². The number of thiophene rings is 1. The van der Waals surface area contributed by atoms with Gasteiger partial charge in [0.15, 0.2) is 0 Å². The molecule has 0 bridgehead atoms. The van der Waals surface area contributed by atoms with E-state index < -0.39 is 0 Å². The fourth-order valence-corrected chi connectivity index (χ4v) is 4.92. The molecule has 0 saturated carbocycles. The molecule has 0 radical (unpaired) electrons. The maximum absolute atomic E-state index is 12.8. The van der Waals surface area contributed by atoms with Crippen molar-refractivity contribution in [3.05, 3.63) is 40.5 Å². The molecule has 1 fully saturated rings. The zero-order valence-corrected chi connectivity index (χ0v) is 18.7. The summed E-state index contributed by atoms with van der Waals surface area (Å²) < 4.78 is 5.47. The first-order chi connectivity index (χ1) is 14.5. The quantitative estimate of drug-likeness (QED) is 0.676. The molecule has 7 nitrogen and oxygen atoms in total. The third kappa shape index (κ3) is 3.92. The predicted molar refractivity (Wildman–Crippen MR) is 122 cm³/mol. The summed E-state index contributed by atoms with van der Waals surface area (Å²) in [5.41, 5.74) is 2.25. The van der Waals surface area contributed by atoms with E-state index in [9.17, 15) is 4.79 Å². The number of nitrogens with one attached hydrogen (secondary N) is 1. The minimum Gasteiger partial charge on any atom is -0.495 e. The highest BCUT2D eigenvalue weighted by molar-refractivity contribution is 7.18. The van der Waals surface area contributed by atoms with Crippen LogP contribution in [0.15, 0.2) is 24.3 Å². The lowest BCUT2D eigenvalue weighted by Crippen LogP contribution is -2.50. The SMILES string of the molecule is COc1ccccc1N1CCN(C(=O)CNc2nc(C)nc3sc(C)c(C)c23)CC1. The number of fused-ring (bicyclic) bond motifs is 1. The molecule has 0 atom stereocenters. The van der Waals surface area contributed by atoms with Crippen molar-refractivity contribution in [1.29, 1.82) is 0 Å². The topological polar surface area (TPSA) is 70.6 Å². The summed E-state index contributed by atoms with van der Waals surface area (Å²) in [7, 11) is 1.69. The van der Waals surface area contributed by atoms with Gasteiger partial charge in [0, 0.05) is 31.1 Å². The van der Waals surface area contributed by atoms with Crippen molar-refractivity contribution in [2.75, 3.05) is 50.1 Å². The van der Waals surface area contributed by atoms with Gasteiger partial charge >= 0.3 is 0 Å². The lowest BCUT2D eigenvalue weighted by atomic mass is 10.2. The van der Waals surface area contributed by atoms with Gasteiger partial charge in [-0.05, 0) is 38.5 Å². The van der Waals surface area contributed by atoms with Crippen LogP contribution >= 0.6 is 11.3 Å². The van der Waals surface area contributed by atoms with Crippen LogP contribution in [0.5, 0.6) is 5.75 Å². The molecule has 2 aromatic heterocycles. The highest BCUT2D eigenvalue weighted by Gasteiger charge is 2.23. The standard InChI is InChI=1S/C22H27N5O2S/c1-14-15(2)30-22-20(14)21(24-16(3)25-22)23-13-19(28)27-11-9-26(10-12-27)17-7-5-6-8-18(17)29-4/h5-8H,9-13H2,1-4H3,(H,23,24,25). The number of carbonyl (C=O) groups excluding carboxylic acids is 1. The van der Waals surface area contributed by atoms with Gasteiger partial charge in [0.1, 0.15) is 22.2 Å². The third-order valence-corrected chi connectivity index (χ3v) is 6.71. The van der Waals surface area contributed by atoms with Crippen molar-refractivity contribution >= 4 is 39.0 Å². The van der Waals surface area contributed by atoms with Crippen molar-refractivity contribution in [3.63, 3.8) is 0 Å². The molecule has 4 rings (SSSR count). The lowest BCUT2D eigenvalue weighted by molar-refractivity contribution is -0.129. The van der Waals surface area contributed by atoms with Gasteiger partial charge in [0.05, 0.1) is 24.7 Å². The number of aryl methyl sites for hydroxylation is 3. The van der Waals surface area contributed by atoms with Crippen LogP contribution in [0.2, 0.25) is 0 Å². The number of benzene rings is 1. The first kappa shape index (κ1) is 20.4. The van der Waals surface area contributed by atoms with Crippen LogP contribution in [-0.4, -0.2) is 60.6 Å². The fraction of sp³-hybridized carbons (Fsp3) is 0.409. The molecule has 3 aromatic rings. The van der Waals surface area contributed by atoms with Gasteiger partial charge in [-0.25, -0.2) is 9.97 Å². The van der Waals surface area contributed by atoms with E-state index in [-0.39, 0.29) is 12.5 Å². The van der Waals surface area contributed by atoms with Crippen LogP contribution in [0.1, 0.15) is 16.3 Å². The molecule has 30 heavy (non-hydrogen) atoms. The first-order valence-electron chi connectivity index (χ1n) is 10.1. The Hall–Kier alpha value is -2.87. The maximum atomic E-state index is 12.8. The lowest BCUT2D eigenvalue weighted by Gasteiger charge is -2.36. The number of hydrogen-bond acceptors (Lipinski definition) is 7. The Morgan fingerprint density at radius 1 is 1.13 bits per heavy atom. The largest absolute Gasteiger partial charge is 0.495 e. The van der Waals surface area contributed by atoms with Crippen LogP contribution in [-0.2, 0) is 4.79 Å². The molecule has 3 heterocycles. The van der Waals surface area contributed by atoms with E-state index in [1.54, 1.807) is 18.4 Å². The molecule has 0 spiro atoms. The van der Waals surface area contributed by atoms with Crippen molar-refractivity contribution < 1.29 is 9.53 Å². The molecule has 158 valence electrons. The summed E-state index contributed by atoms with van der Waals surface area (Å²) in [5.74, 6) is 2.41. The number of rotatable bonds is 5. The van der Waals surface area contributed by atoms with Gasteiger partial charge in [-0.1, -0.05) is 12.1 Å². The molecular formula is C22H27N5O2S. The molecule has 1 aliphatic rings. The normalized spacial score (nSPS) is 14.3. The minimum absolute atomic E-state index is 0.0868. The first-order valence-corrected chi connectivity index (χ1v) is 10.9. The summed E-state index contributed by atoms with van der Waals surface area (Å²) >= 11 is 1.67.